The van der Waals surface area contributed by atoms with Crippen LogP contribution in [-0.2, 0) is 13.0 Å². The Kier molecular flexibility index (Phi) is 5.04. The summed E-state index contributed by atoms with van der Waals surface area (Å²) in [5.41, 5.74) is 2.81. The zero-order valence-electron chi connectivity index (χ0n) is 14.4. The van der Waals surface area contributed by atoms with Crippen molar-refractivity contribution in [3.63, 3.8) is 0 Å². The first kappa shape index (κ1) is 17.7. The van der Waals surface area contributed by atoms with E-state index in [4.69, 9.17) is 0 Å². The quantitative estimate of drug-likeness (QED) is 0.633. The highest BCUT2D eigenvalue weighted by Crippen LogP contribution is 2.21. The van der Waals surface area contributed by atoms with Gasteiger partial charge >= 0.3 is 5.97 Å². The Balaban J connectivity index is 2.14. The van der Waals surface area contributed by atoms with Crippen LogP contribution in [0.2, 0.25) is 0 Å². The molecule has 26 heavy (non-hydrogen) atoms. The van der Waals surface area contributed by atoms with E-state index < -0.39 is 11.4 Å². The largest absolute Gasteiger partial charge is 0.477 e. The average molecular weight is 352 g/mol. The van der Waals surface area contributed by atoms with Crippen molar-refractivity contribution in [1.82, 2.24) is 4.57 Å². The molecule has 0 atom stereocenters. The lowest BCUT2D eigenvalue weighted by Crippen LogP contribution is -2.19. The zero-order chi connectivity index (χ0) is 18.7. The van der Waals surface area contributed by atoms with Gasteiger partial charge in [-0.1, -0.05) is 24.3 Å². The lowest BCUT2D eigenvalue weighted by atomic mass is 10.0. The number of carbonyl (C=O) groups is 1. The number of aliphatic hydroxyl groups excluding tert-OH is 1. The van der Waals surface area contributed by atoms with E-state index in [1.165, 1.54) is 6.20 Å². The first-order valence-corrected chi connectivity index (χ1v) is 8.31. The molecule has 3 N–H and O–H groups in total. The average Bonchev–Trinajstić information content (AvgIpc) is 2.64. The Labute approximate surface area is 150 Å². The van der Waals surface area contributed by atoms with E-state index in [0.29, 0.717) is 17.3 Å². The fourth-order valence-electron chi connectivity index (χ4n) is 3.14. The van der Waals surface area contributed by atoms with Crippen molar-refractivity contribution < 1.29 is 15.0 Å². The number of carboxylic acids is 1. The van der Waals surface area contributed by atoms with Crippen LogP contribution in [0.1, 0.15) is 21.5 Å². The molecular weight excluding hydrogens is 332 g/mol. The molecule has 0 fully saturated rings. The van der Waals surface area contributed by atoms with Gasteiger partial charge in [-0.2, -0.15) is 0 Å². The minimum absolute atomic E-state index is 0.145. The predicted octanol–water partition coefficient (Wildman–Crippen LogP) is 2.32. The van der Waals surface area contributed by atoms with Crippen molar-refractivity contribution in [2.45, 2.75) is 13.0 Å². The number of benzene rings is 2. The third-order valence-corrected chi connectivity index (χ3v) is 4.40. The van der Waals surface area contributed by atoms with Gasteiger partial charge < -0.3 is 20.1 Å². The summed E-state index contributed by atoms with van der Waals surface area (Å²) in [4.78, 5) is 24.0. The van der Waals surface area contributed by atoms with Crippen LogP contribution in [0.15, 0.2) is 53.5 Å². The first-order valence-electron chi connectivity index (χ1n) is 8.31. The van der Waals surface area contributed by atoms with Crippen LogP contribution in [0.4, 0.5) is 5.69 Å². The van der Waals surface area contributed by atoms with Gasteiger partial charge in [0.2, 0.25) is 5.43 Å². The van der Waals surface area contributed by atoms with Crippen LogP contribution in [-0.4, -0.2) is 34.4 Å². The molecular formula is C20H20N2O4. The first-order chi connectivity index (χ1) is 12.5. The number of carboxylic acid groups (broad SMARTS) is 1. The molecule has 0 spiro atoms. The Hall–Kier alpha value is -3.12. The Bertz CT molecular complexity index is 1020. The molecule has 0 radical (unpaired) electrons. The molecule has 3 aromatic rings. The van der Waals surface area contributed by atoms with Crippen LogP contribution in [0.3, 0.4) is 0 Å². The molecule has 0 aliphatic rings. The number of aromatic carboxylic acids is 1. The van der Waals surface area contributed by atoms with Gasteiger partial charge in [-0.3, -0.25) is 4.79 Å². The Morgan fingerprint density at radius 3 is 2.65 bits per heavy atom. The minimum Gasteiger partial charge on any atom is -0.477 e. The molecule has 0 unspecified atom stereocenters. The molecule has 0 aliphatic carbocycles. The van der Waals surface area contributed by atoms with E-state index in [2.05, 4.69) is 5.32 Å². The summed E-state index contributed by atoms with van der Waals surface area (Å²) in [7, 11) is 1.85. The number of fused-ring (bicyclic) bond motifs is 1. The predicted molar refractivity (Wildman–Crippen MR) is 101 cm³/mol. The fourth-order valence-corrected chi connectivity index (χ4v) is 3.14. The van der Waals surface area contributed by atoms with Crippen LogP contribution in [0.25, 0.3) is 10.9 Å². The number of hydrogen-bond donors (Lipinski definition) is 3. The van der Waals surface area contributed by atoms with Crippen LogP contribution in [0, 0.1) is 0 Å². The van der Waals surface area contributed by atoms with Crippen LogP contribution >= 0.6 is 0 Å². The molecule has 0 amide bonds. The fraction of sp³-hybridized carbons (Fsp3) is 0.200. The molecule has 134 valence electrons. The second kappa shape index (κ2) is 7.41. The number of hydrogen-bond acceptors (Lipinski definition) is 4. The summed E-state index contributed by atoms with van der Waals surface area (Å²) in [6, 6.07) is 13.3. The second-order valence-corrected chi connectivity index (χ2v) is 6.03. The monoisotopic (exact) mass is 352 g/mol. The summed E-state index contributed by atoms with van der Waals surface area (Å²) in [6.07, 6.45) is 1.91. The lowest BCUT2D eigenvalue weighted by Gasteiger charge is -2.13. The molecule has 0 aliphatic heterocycles. The maximum atomic E-state index is 12.6. The molecule has 3 rings (SSSR count). The van der Waals surface area contributed by atoms with Gasteiger partial charge in [0.25, 0.3) is 0 Å². The van der Waals surface area contributed by atoms with Crippen molar-refractivity contribution in [3.8, 4) is 0 Å². The Morgan fingerprint density at radius 2 is 1.96 bits per heavy atom. The number of aromatic nitrogens is 1. The molecule has 2 aromatic carbocycles. The van der Waals surface area contributed by atoms with Crippen molar-refractivity contribution in [2.75, 3.05) is 19.0 Å². The second-order valence-electron chi connectivity index (χ2n) is 6.03. The SMILES string of the molecule is CNc1ccccc1Cc1ccc2c(c1)c(=O)c(C(=O)O)cn2CCO. The normalized spacial score (nSPS) is 10.8. The summed E-state index contributed by atoms with van der Waals surface area (Å²) >= 11 is 0. The summed E-state index contributed by atoms with van der Waals surface area (Å²) in [5.74, 6) is -1.27. The van der Waals surface area contributed by atoms with Gasteiger partial charge in [-0.05, 0) is 35.7 Å². The number of rotatable bonds is 6. The Morgan fingerprint density at radius 1 is 1.19 bits per heavy atom. The third-order valence-electron chi connectivity index (χ3n) is 4.40. The van der Waals surface area contributed by atoms with Crippen molar-refractivity contribution >= 4 is 22.6 Å². The number of aliphatic hydroxyl groups is 1. The summed E-state index contributed by atoms with van der Waals surface area (Å²) in [6.45, 7) is 0.0767. The third kappa shape index (κ3) is 3.32. The van der Waals surface area contributed by atoms with Gasteiger partial charge in [-0.15, -0.1) is 0 Å². The van der Waals surface area contributed by atoms with Gasteiger partial charge in [0.15, 0.2) is 0 Å². The number of pyridine rings is 1. The molecule has 0 bridgehead atoms. The van der Waals surface area contributed by atoms with Crippen molar-refractivity contribution in [2.24, 2.45) is 0 Å². The molecule has 1 heterocycles. The molecule has 1 aromatic heterocycles. The summed E-state index contributed by atoms with van der Waals surface area (Å²) < 4.78 is 1.60. The standard InChI is InChI=1S/C20H20N2O4/c1-21-17-5-3-2-4-14(17)10-13-6-7-18-15(11-13)19(24)16(20(25)26)12-22(18)8-9-23/h2-7,11-12,21,23H,8-10H2,1H3,(H,25,26). The van der Waals surface area contributed by atoms with Gasteiger partial charge in [0.1, 0.15) is 5.56 Å². The maximum absolute atomic E-state index is 12.6. The topological polar surface area (TPSA) is 91.6 Å². The number of para-hydroxylation sites is 1. The van der Waals surface area contributed by atoms with Crippen LogP contribution < -0.4 is 10.7 Å². The highest BCUT2D eigenvalue weighted by molar-refractivity contribution is 5.92. The van der Waals surface area contributed by atoms with Crippen molar-refractivity contribution in [1.29, 1.82) is 0 Å². The van der Waals surface area contributed by atoms with E-state index >= 15 is 0 Å². The maximum Gasteiger partial charge on any atom is 0.341 e. The highest BCUT2D eigenvalue weighted by atomic mass is 16.4. The summed E-state index contributed by atoms with van der Waals surface area (Å²) in [5, 5.41) is 22.0. The smallest absolute Gasteiger partial charge is 0.341 e. The van der Waals surface area contributed by atoms with Gasteiger partial charge in [-0.25, -0.2) is 4.79 Å². The highest BCUT2D eigenvalue weighted by Gasteiger charge is 2.15. The van der Waals surface area contributed by atoms with E-state index in [9.17, 15) is 19.8 Å². The van der Waals surface area contributed by atoms with E-state index in [-0.39, 0.29) is 18.7 Å². The van der Waals surface area contributed by atoms with Crippen molar-refractivity contribution in [3.05, 3.63) is 75.6 Å². The van der Waals surface area contributed by atoms with E-state index in [1.807, 2.05) is 37.4 Å². The number of anilines is 1. The molecule has 0 saturated carbocycles. The number of nitrogens with one attached hydrogen (secondary N) is 1. The molecule has 6 nitrogen and oxygen atoms in total. The molecule has 0 saturated heterocycles. The minimum atomic E-state index is -1.27. The molecule has 6 heteroatoms. The van der Waals surface area contributed by atoms with Crippen LogP contribution in [0.5, 0.6) is 0 Å². The van der Waals surface area contributed by atoms with E-state index in [0.717, 1.165) is 16.8 Å². The van der Waals surface area contributed by atoms with E-state index in [1.54, 1.807) is 16.7 Å². The van der Waals surface area contributed by atoms with Gasteiger partial charge in [0.05, 0.1) is 12.1 Å². The van der Waals surface area contributed by atoms with Gasteiger partial charge in [0, 0.05) is 30.9 Å². The number of nitrogens with zero attached hydrogens (tertiary/aromatic N) is 1. The zero-order valence-corrected chi connectivity index (χ0v) is 14.4. The lowest BCUT2D eigenvalue weighted by molar-refractivity contribution is 0.0694.